The van der Waals surface area contributed by atoms with Crippen LogP contribution in [-0.2, 0) is 22.4 Å². The first-order chi connectivity index (χ1) is 12.5. The molecule has 1 fully saturated rings. The molecule has 0 aromatic heterocycles. The van der Waals surface area contributed by atoms with E-state index >= 15 is 0 Å². The molecule has 0 saturated carbocycles. The van der Waals surface area contributed by atoms with E-state index in [0.29, 0.717) is 39.0 Å². The second kappa shape index (κ2) is 8.17. The summed E-state index contributed by atoms with van der Waals surface area (Å²) >= 11 is 0. The number of amides is 2. The standard InChI is InChI=1S/C22H26N2O2/c1-17-8-9-20(18(2)14-17)16-22(26)24-12-10-23(11-13-24)21(25)15-19-6-4-3-5-7-19/h3-9,14H,10-13,15-16H2,1-2H3. The lowest BCUT2D eigenvalue weighted by Crippen LogP contribution is -2.51. The average molecular weight is 350 g/mol. The van der Waals surface area contributed by atoms with Crippen LogP contribution in [0.25, 0.3) is 0 Å². The number of hydrogen-bond donors (Lipinski definition) is 0. The summed E-state index contributed by atoms with van der Waals surface area (Å²) < 4.78 is 0. The molecule has 3 rings (SSSR count). The first kappa shape index (κ1) is 18.2. The number of nitrogens with zero attached hydrogens (tertiary/aromatic N) is 2. The lowest BCUT2D eigenvalue weighted by molar-refractivity contribution is -0.138. The Hall–Kier alpha value is -2.62. The van der Waals surface area contributed by atoms with Crippen LogP contribution in [0.15, 0.2) is 48.5 Å². The molecular weight excluding hydrogens is 324 g/mol. The number of hydrogen-bond acceptors (Lipinski definition) is 2. The van der Waals surface area contributed by atoms with E-state index in [2.05, 4.69) is 26.0 Å². The van der Waals surface area contributed by atoms with Crippen molar-refractivity contribution in [3.63, 3.8) is 0 Å². The quantitative estimate of drug-likeness (QED) is 0.851. The summed E-state index contributed by atoms with van der Waals surface area (Å²) in [4.78, 5) is 28.8. The fourth-order valence-electron chi connectivity index (χ4n) is 3.41. The van der Waals surface area contributed by atoms with Crippen molar-refractivity contribution in [3.05, 3.63) is 70.8 Å². The molecule has 1 saturated heterocycles. The second-order valence-corrected chi connectivity index (χ2v) is 7.03. The highest BCUT2D eigenvalue weighted by Crippen LogP contribution is 2.14. The lowest BCUT2D eigenvalue weighted by Gasteiger charge is -2.35. The SMILES string of the molecule is Cc1ccc(CC(=O)N2CCN(C(=O)Cc3ccccc3)CC2)c(C)c1. The molecule has 1 aliphatic rings. The Labute approximate surface area is 155 Å². The monoisotopic (exact) mass is 350 g/mol. The Morgan fingerprint density at radius 2 is 1.38 bits per heavy atom. The van der Waals surface area contributed by atoms with Crippen LogP contribution in [0, 0.1) is 13.8 Å². The number of rotatable bonds is 4. The summed E-state index contributed by atoms with van der Waals surface area (Å²) in [6, 6.07) is 16.0. The van der Waals surface area contributed by atoms with Crippen LogP contribution in [0.1, 0.15) is 22.3 Å². The Kier molecular flexibility index (Phi) is 5.71. The van der Waals surface area contributed by atoms with Crippen LogP contribution in [0.4, 0.5) is 0 Å². The third-order valence-corrected chi connectivity index (χ3v) is 5.02. The van der Waals surface area contributed by atoms with Gasteiger partial charge in [0.25, 0.3) is 0 Å². The lowest BCUT2D eigenvalue weighted by atomic mass is 10.0. The van der Waals surface area contributed by atoms with Gasteiger partial charge in [-0.05, 0) is 30.5 Å². The van der Waals surface area contributed by atoms with E-state index in [0.717, 1.165) is 16.7 Å². The highest BCUT2D eigenvalue weighted by molar-refractivity contribution is 5.81. The van der Waals surface area contributed by atoms with E-state index in [-0.39, 0.29) is 11.8 Å². The number of aryl methyl sites for hydroxylation is 2. The summed E-state index contributed by atoms with van der Waals surface area (Å²) in [5.41, 5.74) is 4.49. The van der Waals surface area contributed by atoms with Crippen LogP contribution in [0.2, 0.25) is 0 Å². The number of piperazine rings is 1. The van der Waals surface area contributed by atoms with Gasteiger partial charge in [0, 0.05) is 26.2 Å². The summed E-state index contributed by atoms with van der Waals surface area (Å²) in [7, 11) is 0. The molecule has 26 heavy (non-hydrogen) atoms. The van der Waals surface area contributed by atoms with Crippen LogP contribution in [0.5, 0.6) is 0 Å². The molecule has 1 aliphatic heterocycles. The van der Waals surface area contributed by atoms with Gasteiger partial charge in [-0.25, -0.2) is 0 Å². The molecule has 0 unspecified atom stereocenters. The molecule has 1 heterocycles. The zero-order valence-electron chi connectivity index (χ0n) is 15.6. The van der Waals surface area contributed by atoms with Gasteiger partial charge in [0.05, 0.1) is 12.8 Å². The van der Waals surface area contributed by atoms with Crippen molar-refractivity contribution in [2.24, 2.45) is 0 Å². The molecule has 0 N–H and O–H groups in total. The van der Waals surface area contributed by atoms with Crippen molar-refractivity contribution < 1.29 is 9.59 Å². The van der Waals surface area contributed by atoms with Crippen LogP contribution in [0.3, 0.4) is 0 Å². The number of carbonyl (C=O) groups is 2. The molecular formula is C22H26N2O2. The maximum absolute atomic E-state index is 12.6. The van der Waals surface area contributed by atoms with E-state index in [1.165, 1.54) is 5.56 Å². The Bertz CT molecular complexity index is 778. The number of benzene rings is 2. The van der Waals surface area contributed by atoms with Gasteiger partial charge in [0.2, 0.25) is 11.8 Å². The predicted molar refractivity (Wildman–Crippen MR) is 103 cm³/mol. The molecule has 0 aliphatic carbocycles. The molecule has 4 heteroatoms. The highest BCUT2D eigenvalue weighted by atomic mass is 16.2. The normalized spacial score (nSPS) is 14.4. The van der Waals surface area contributed by atoms with E-state index in [1.54, 1.807) is 0 Å². The molecule has 136 valence electrons. The third-order valence-electron chi connectivity index (χ3n) is 5.02. The van der Waals surface area contributed by atoms with E-state index < -0.39 is 0 Å². The smallest absolute Gasteiger partial charge is 0.227 e. The Morgan fingerprint density at radius 3 is 1.96 bits per heavy atom. The fourth-order valence-corrected chi connectivity index (χ4v) is 3.41. The first-order valence-corrected chi connectivity index (χ1v) is 9.18. The van der Waals surface area contributed by atoms with Gasteiger partial charge in [-0.15, -0.1) is 0 Å². The average Bonchev–Trinajstić information content (AvgIpc) is 2.65. The zero-order valence-corrected chi connectivity index (χ0v) is 15.6. The minimum absolute atomic E-state index is 0.137. The highest BCUT2D eigenvalue weighted by Gasteiger charge is 2.24. The van der Waals surface area contributed by atoms with Gasteiger partial charge in [-0.2, -0.15) is 0 Å². The van der Waals surface area contributed by atoms with Gasteiger partial charge in [0.15, 0.2) is 0 Å². The molecule has 2 aromatic carbocycles. The van der Waals surface area contributed by atoms with Crippen molar-refractivity contribution in [2.75, 3.05) is 26.2 Å². The Balaban J connectivity index is 1.51. The van der Waals surface area contributed by atoms with Crippen molar-refractivity contribution >= 4 is 11.8 Å². The molecule has 4 nitrogen and oxygen atoms in total. The second-order valence-electron chi connectivity index (χ2n) is 7.03. The molecule has 0 radical (unpaired) electrons. The topological polar surface area (TPSA) is 40.6 Å². The zero-order chi connectivity index (χ0) is 18.5. The first-order valence-electron chi connectivity index (χ1n) is 9.18. The summed E-state index contributed by atoms with van der Waals surface area (Å²) in [5, 5.41) is 0. The molecule has 2 aromatic rings. The fraction of sp³-hybridized carbons (Fsp3) is 0.364. The summed E-state index contributed by atoms with van der Waals surface area (Å²) in [6.45, 7) is 6.57. The van der Waals surface area contributed by atoms with E-state index in [1.807, 2.05) is 46.2 Å². The van der Waals surface area contributed by atoms with Crippen LogP contribution >= 0.6 is 0 Å². The van der Waals surface area contributed by atoms with Crippen molar-refractivity contribution in [1.82, 2.24) is 9.80 Å². The van der Waals surface area contributed by atoms with Crippen molar-refractivity contribution in [2.45, 2.75) is 26.7 Å². The van der Waals surface area contributed by atoms with Gasteiger partial charge >= 0.3 is 0 Å². The van der Waals surface area contributed by atoms with Gasteiger partial charge in [-0.1, -0.05) is 54.1 Å². The maximum atomic E-state index is 12.6. The van der Waals surface area contributed by atoms with Gasteiger partial charge in [-0.3, -0.25) is 9.59 Å². The van der Waals surface area contributed by atoms with Crippen molar-refractivity contribution in [3.8, 4) is 0 Å². The molecule has 0 spiro atoms. The van der Waals surface area contributed by atoms with E-state index in [4.69, 9.17) is 0 Å². The third kappa shape index (κ3) is 4.51. The molecule has 2 amide bonds. The molecule has 0 atom stereocenters. The molecule has 0 bridgehead atoms. The van der Waals surface area contributed by atoms with E-state index in [9.17, 15) is 9.59 Å². The van der Waals surface area contributed by atoms with Crippen LogP contribution < -0.4 is 0 Å². The minimum Gasteiger partial charge on any atom is -0.339 e. The predicted octanol–water partition coefficient (Wildman–Crippen LogP) is 2.76. The van der Waals surface area contributed by atoms with Crippen molar-refractivity contribution in [1.29, 1.82) is 0 Å². The van der Waals surface area contributed by atoms with Crippen LogP contribution in [-0.4, -0.2) is 47.8 Å². The largest absolute Gasteiger partial charge is 0.339 e. The number of carbonyl (C=O) groups excluding carboxylic acids is 2. The summed E-state index contributed by atoms with van der Waals surface area (Å²) in [5.74, 6) is 0.282. The summed E-state index contributed by atoms with van der Waals surface area (Å²) in [6.07, 6.45) is 0.863. The van der Waals surface area contributed by atoms with Gasteiger partial charge in [0.1, 0.15) is 0 Å². The maximum Gasteiger partial charge on any atom is 0.227 e. The van der Waals surface area contributed by atoms with Gasteiger partial charge < -0.3 is 9.80 Å². The minimum atomic E-state index is 0.137. The Morgan fingerprint density at radius 1 is 0.808 bits per heavy atom.